The van der Waals surface area contributed by atoms with Gasteiger partial charge in [-0.15, -0.1) is 0 Å². The van der Waals surface area contributed by atoms with Crippen LogP contribution in [0.25, 0.3) is 0 Å². The van der Waals surface area contributed by atoms with Gasteiger partial charge in [-0.1, -0.05) is 0 Å². The number of quaternary nitrogens is 1. The van der Waals surface area contributed by atoms with Crippen molar-refractivity contribution in [2.24, 2.45) is 0 Å². The van der Waals surface area contributed by atoms with E-state index in [9.17, 15) is 4.79 Å². The predicted molar refractivity (Wildman–Crippen MR) is 55.2 cm³/mol. The van der Waals surface area contributed by atoms with Gasteiger partial charge in [0.15, 0.2) is 6.54 Å². The summed E-state index contributed by atoms with van der Waals surface area (Å²) in [6.45, 7) is 7.40. The van der Waals surface area contributed by atoms with Gasteiger partial charge < -0.3 is 14.3 Å². The van der Waals surface area contributed by atoms with Gasteiger partial charge in [-0.25, -0.2) is 4.79 Å². The third kappa shape index (κ3) is 8.01. The van der Waals surface area contributed by atoms with E-state index in [2.05, 4.69) is 0 Å². The van der Waals surface area contributed by atoms with Crippen LogP contribution in [0.1, 0.15) is 20.8 Å². The topological polar surface area (TPSA) is 46.5 Å². The lowest BCUT2D eigenvalue weighted by Crippen LogP contribution is -2.46. The summed E-state index contributed by atoms with van der Waals surface area (Å²) in [6.07, 6.45) is 0. The molecular weight excluding hydrogens is 182 g/mol. The Morgan fingerprint density at radius 3 is 2.21 bits per heavy atom. The molecule has 0 aromatic heterocycles. The zero-order valence-corrected chi connectivity index (χ0v) is 9.83. The molecule has 0 amide bonds. The van der Waals surface area contributed by atoms with E-state index in [-0.39, 0.29) is 12.1 Å². The van der Waals surface area contributed by atoms with Crippen LogP contribution in [0.4, 0.5) is 0 Å². The molecule has 4 nitrogen and oxygen atoms in total. The van der Waals surface area contributed by atoms with Crippen molar-refractivity contribution >= 4 is 5.97 Å². The van der Waals surface area contributed by atoms with Crippen LogP contribution in [-0.2, 0) is 9.53 Å². The molecule has 0 aliphatic heterocycles. The Balaban J connectivity index is 3.82. The Kier molecular flexibility index (Phi) is 4.55. The van der Waals surface area contributed by atoms with E-state index in [1.165, 1.54) is 0 Å². The lowest BCUT2D eigenvalue weighted by atomic mass is 10.2. The number of nitrogens with zero attached hydrogens (tertiary/aromatic N) is 1. The van der Waals surface area contributed by atoms with Crippen LogP contribution in [0.2, 0.25) is 0 Å². The van der Waals surface area contributed by atoms with Crippen molar-refractivity contribution in [2.75, 3.05) is 33.8 Å². The monoisotopic (exact) mass is 204 g/mol. The van der Waals surface area contributed by atoms with E-state index in [1.807, 2.05) is 34.9 Å². The van der Waals surface area contributed by atoms with Gasteiger partial charge in [-0.3, -0.25) is 0 Å². The Hall–Kier alpha value is -0.610. The summed E-state index contributed by atoms with van der Waals surface area (Å²) in [4.78, 5) is 10.5. The maximum atomic E-state index is 10.5. The SMILES string of the molecule is CC(C)(C)OCC[N+](C)(C)CC(=O)O. The molecule has 84 valence electrons. The molecular formula is C10H22NO3+. The van der Waals surface area contributed by atoms with Gasteiger partial charge in [-0.2, -0.15) is 0 Å². The fourth-order valence-corrected chi connectivity index (χ4v) is 1.04. The molecule has 0 unspecified atom stereocenters. The molecule has 4 heteroatoms. The lowest BCUT2D eigenvalue weighted by molar-refractivity contribution is -0.883. The molecule has 0 saturated carbocycles. The third-order valence-electron chi connectivity index (χ3n) is 1.79. The first-order valence-electron chi connectivity index (χ1n) is 4.80. The van der Waals surface area contributed by atoms with E-state index in [0.29, 0.717) is 17.6 Å². The highest BCUT2D eigenvalue weighted by Crippen LogP contribution is 2.07. The molecule has 0 saturated heterocycles. The van der Waals surface area contributed by atoms with Crippen molar-refractivity contribution in [1.82, 2.24) is 0 Å². The third-order valence-corrected chi connectivity index (χ3v) is 1.79. The summed E-state index contributed by atoms with van der Waals surface area (Å²) >= 11 is 0. The molecule has 0 aliphatic carbocycles. The van der Waals surface area contributed by atoms with Crippen molar-refractivity contribution in [3.63, 3.8) is 0 Å². The molecule has 0 aliphatic rings. The molecule has 0 radical (unpaired) electrons. The number of ether oxygens (including phenoxy) is 1. The molecule has 0 aromatic carbocycles. The summed E-state index contributed by atoms with van der Waals surface area (Å²) in [7, 11) is 3.78. The van der Waals surface area contributed by atoms with Crippen LogP contribution < -0.4 is 0 Å². The highest BCUT2D eigenvalue weighted by Gasteiger charge is 2.20. The van der Waals surface area contributed by atoms with Gasteiger partial charge in [0.2, 0.25) is 0 Å². The van der Waals surface area contributed by atoms with E-state index in [0.717, 1.165) is 0 Å². The fraction of sp³-hybridized carbons (Fsp3) is 0.900. The largest absolute Gasteiger partial charge is 0.477 e. The van der Waals surface area contributed by atoms with Gasteiger partial charge >= 0.3 is 5.97 Å². The second kappa shape index (κ2) is 4.75. The van der Waals surface area contributed by atoms with E-state index in [1.54, 1.807) is 0 Å². The number of hydrogen-bond acceptors (Lipinski definition) is 2. The summed E-state index contributed by atoms with van der Waals surface area (Å²) in [6, 6.07) is 0. The highest BCUT2D eigenvalue weighted by atomic mass is 16.5. The number of carbonyl (C=O) groups is 1. The molecule has 0 heterocycles. The number of hydrogen-bond donors (Lipinski definition) is 1. The Morgan fingerprint density at radius 2 is 1.86 bits per heavy atom. The van der Waals surface area contributed by atoms with Crippen LogP contribution in [0.3, 0.4) is 0 Å². The van der Waals surface area contributed by atoms with Crippen molar-refractivity contribution in [3.05, 3.63) is 0 Å². The van der Waals surface area contributed by atoms with E-state index in [4.69, 9.17) is 9.84 Å². The fourth-order valence-electron chi connectivity index (χ4n) is 1.04. The average Bonchev–Trinajstić information content (AvgIpc) is 1.78. The number of likely N-dealkylation sites (N-methyl/N-ethyl adjacent to an activating group) is 1. The minimum Gasteiger partial charge on any atom is -0.477 e. The lowest BCUT2D eigenvalue weighted by Gasteiger charge is -2.29. The molecule has 0 rings (SSSR count). The first-order valence-corrected chi connectivity index (χ1v) is 4.80. The number of carboxylic acid groups (broad SMARTS) is 1. The van der Waals surface area contributed by atoms with Gasteiger partial charge in [-0.05, 0) is 20.8 Å². The highest BCUT2D eigenvalue weighted by molar-refractivity contribution is 5.67. The zero-order valence-electron chi connectivity index (χ0n) is 9.83. The quantitative estimate of drug-likeness (QED) is 0.679. The van der Waals surface area contributed by atoms with Crippen LogP contribution in [0.5, 0.6) is 0 Å². The van der Waals surface area contributed by atoms with Gasteiger partial charge in [0.1, 0.15) is 6.54 Å². The number of carboxylic acids is 1. The summed E-state index contributed by atoms with van der Waals surface area (Å²) in [5.41, 5.74) is -0.150. The van der Waals surface area contributed by atoms with Crippen molar-refractivity contribution in [3.8, 4) is 0 Å². The first-order chi connectivity index (χ1) is 6.12. The Morgan fingerprint density at radius 1 is 1.36 bits per heavy atom. The molecule has 0 aromatic rings. The van der Waals surface area contributed by atoms with Crippen LogP contribution >= 0.6 is 0 Å². The van der Waals surface area contributed by atoms with Crippen LogP contribution in [0, 0.1) is 0 Å². The molecule has 1 N–H and O–H groups in total. The summed E-state index contributed by atoms with van der Waals surface area (Å²) < 4.78 is 5.99. The standard InChI is InChI=1S/C10H21NO3/c1-10(2,3)14-7-6-11(4,5)8-9(12)13/h6-8H2,1-5H3/p+1. The Bertz CT molecular complexity index is 194. The van der Waals surface area contributed by atoms with Crippen molar-refractivity contribution < 1.29 is 19.1 Å². The molecule has 0 spiro atoms. The van der Waals surface area contributed by atoms with Gasteiger partial charge in [0, 0.05) is 0 Å². The van der Waals surface area contributed by atoms with Crippen molar-refractivity contribution in [2.45, 2.75) is 26.4 Å². The second-order valence-corrected chi connectivity index (χ2v) is 5.17. The van der Waals surface area contributed by atoms with Crippen LogP contribution in [0.15, 0.2) is 0 Å². The van der Waals surface area contributed by atoms with Crippen molar-refractivity contribution in [1.29, 1.82) is 0 Å². The zero-order chi connectivity index (χ0) is 11.4. The van der Waals surface area contributed by atoms with Gasteiger partial charge in [0.05, 0.1) is 26.3 Å². The minimum absolute atomic E-state index is 0.132. The molecule has 14 heavy (non-hydrogen) atoms. The molecule has 0 atom stereocenters. The van der Waals surface area contributed by atoms with Gasteiger partial charge in [0.25, 0.3) is 0 Å². The first kappa shape index (κ1) is 13.4. The number of rotatable bonds is 5. The summed E-state index contributed by atoms with van der Waals surface area (Å²) in [5, 5.41) is 8.65. The average molecular weight is 204 g/mol. The predicted octanol–water partition coefficient (Wildman–Crippen LogP) is 0.963. The summed E-state index contributed by atoms with van der Waals surface area (Å²) in [5.74, 6) is -0.772. The van der Waals surface area contributed by atoms with E-state index >= 15 is 0 Å². The maximum absolute atomic E-state index is 10.5. The second-order valence-electron chi connectivity index (χ2n) is 5.17. The minimum atomic E-state index is -0.772. The number of aliphatic carboxylic acids is 1. The smallest absolute Gasteiger partial charge is 0.359 e. The maximum Gasteiger partial charge on any atom is 0.359 e. The normalized spacial score (nSPS) is 12.9. The Labute approximate surface area is 86.1 Å². The molecule has 0 bridgehead atoms. The molecule has 0 fully saturated rings. The van der Waals surface area contributed by atoms with Crippen LogP contribution in [-0.4, -0.2) is 55.0 Å². The van der Waals surface area contributed by atoms with E-state index < -0.39 is 5.97 Å².